The third-order valence-corrected chi connectivity index (χ3v) is 5.54. The fraction of sp³-hybridized carbons (Fsp3) is 0.200. The summed E-state index contributed by atoms with van der Waals surface area (Å²) in [6.07, 6.45) is 0. The third kappa shape index (κ3) is 2.99. The van der Waals surface area contributed by atoms with E-state index in [2.05, 4.69) is 0 Å². The van der Waals surface area contributed by atoms with Crippen LogP contribution in [0.1, 0.15) is 12.5 Å². The molecule has 0 saturated carbocycles. The molecule has 0 radical (unpaired) electrons. The quantitative estimate of drug-likeness (QED) is 0.935. The largest absolute Gasteiger partial charge is 0.508 e. The predicted molar refractivity (Wildman–Crippen MR) is 84.5 cm³/mol. The van der Waals surface area contributed by atoms with Crippen molar-refractivity contribution in [2.45, 2.75) is 18.7 Å². The molecule has 112 valence electrons. The van der Waals surface area contributed by atoms with E-state index in [9.17, 15) is 13.5 Å². The first-order chi connectivity index (χ1) is 9.87. The van der Waals surface area contributed by atoms with Crippen molar-refractivity contribution >= 4 is 27.3 Å². The van der Waals surface area contributed by atoms with E-state index < -0.39 is 10.0 Å². The molecule has 2 aromatic rings. The standard InChI is InChI=1S/C15H16ClNO3S/c1-3-17(14-10-12(18)9-8-11(14)2)21(19,20)15-7-5-4-6-13(15)16/h4-10,18H,3H2,1-2H3. The highest BCUT2D eigenvalue weighted by molar-refractivity contribution is 7.93. The van der Waals surface area contributed by atoms with Gasteiger partial charge in [0.25, 0.3) is 10.0 Å². The lowest BCUT2D eigenvalue weighted by Crippen LogP contribution is -2.31. The van der Waals surface area contributed by atoms with Crippen LogP contribution < -0.4 is 4.31 Å². The van der Waals surface area contributed by atoms with E-state index in [1.54, 1.807) is 32.0 Å². The molecule has 0 aromatic heterocycles. The first kappa shape index (κ1) is 15.7. The summed E-state index contributed by atoms with van der Waals surface area (Å²) in [7, 11) is -3.78. The van der Waals surface area contributed by atoms with Crippen molar-refractivity contribution in [1.29, 1.82) is 0 Å². The summed E-state index contributed by atoms with van der Waals surface area (Å²) in [6, 6.07) is 11.0. The Morgan fingerprint density at radius 1 is 1.19 bits per heavy atom. The van der Waals surface area contributed by atoms with Crippen LogP contribution >= 0.6 is 11.6 Å². The average Bonchev–Trinajstić information content (AvgIpc) is 2.43. The molecule has 0 saturated heterocycles. The highest BCUT2D eigenvalue weighted by Gasteiger charge is 2.26. The zero-order valence-electron chi connectivity index (χ0n) is 11.7. The lowest BCUT2D eigenvalue weighted by Gasteiger charge is -2.25. The summed E-state index contributed by atoms with van der Waals surface area (Å²) in [5.74, 6) is 0.0170. The molecule has 6 heteroatoms. The molecule has 2 rings (SSSR count). The second kappa shape index (κ2) is 5.95. The molecule has 21 heavy (non-hydrogen) atoms. The molecule has 0 heterocycles. The number of nitrogens with zero attached hydrogens (tertiary/aromatic N) is 1. The van der Waals surface area contributed by atoms with Crippen LogP contribution in [0.5, 0.6) is 5.75 Å². The molecule has 0 amide bonds. The van der Waals surface area contributed by atoms with Gasteiger partial charge in [0.15, 0.2) is 0 Å². The molecule has 0 bridgehead atoms. The van der Waals surface area contributed by atoms with E-state index in [-0.39, 0.29) is 22.2 Å². The smallest absolute Gasteiger partial charge is 0.265 e. The van der Waals surface area contributed by atoms with Crippen LogP contribution in [0.15, 0.2) is 47.4 Å². The average molecular weight is 326 g/mol. The van der Waals surface area contributed by atoms with Crippen molar-refractivity contribution in [3.8, 4) is 5.75 Å². The van der Waals surface area contributed by atoms with Crippen molar-refractivity contribution in [3.05, 3.63) is 53.1 Å². The van der Waals surface area contributed by atoms with E-state index in [0.717, 1.165) is 5.56 Å². The lowest BCUT2D eigenvalue weighted by molar-refractivity contribution is 0.475. The fourth-order valence-electron chi connectivity index (χ4n) is 2.11. The highest BCUT2D eigenvalue weighted by Crippen LogP contribution is 2.31. The zero-order valence-corrected chi connectivity index (χ0v) is 13.3. The molecule has 0 fully saturated rings. The predicted octanol–water partition coefficient (Wildman–Crippen LogP) is 3.57. The van der Waals surface area contributed by atoms with Gasteiger partial charge >= 0.3 is 0 Å². The van der Waals surface area contributed by atoms with Gasteiger partial charge in [-0.3, -0.25) is 4.31 Å². The Morgan fingerprint density at radius 3 is 2.48 bits per heavy atom. The topological polar surface area (TPSA) is 57.6 Å². The van der Waals surface area contributed by atoms with Gasteiger partial charge in [0.05, 0.1) is 10.7 Å². The Kier molecular flexibility index (Phi) is 4.44. The molecule has 0 atom stereocenters. The van der Waals surface area contributed by atoms with Gasteiger partial charge in [0.2, 0.25) is 0 Å². The molecule has 0 unspecified atom stereocenters. The van der Waals surface area contributed by atoms with Crippen molar-refractivity contribution in [3.63, 3.8) is 0 Å². The minimum absolute atomic E-state index is 0.0170. The van der Waals surface area contributed by atoms with Gasteiger partial charge in [-0.15, -0.1) is 0 Å². The minimum Gasteiger partial charge on any atom is -0.508 e. The SMILES string of the molecule is CCN(c1cc(O)ccc1C)S(=O)(=O)c1ccccc1Cl. The van der Waals surface area contributed by atoms with Gasteiger partial charge in [0.1, 0.15) is 10.6 Å². The Hall–Kier alpha value is -1.72. The van der Waals surface area contributed by atoms with Gasteiger partial charge in [-0.1, -0.05) is 29.8 Å². The number of hydrogen-bond acceptors (Lipinski definition) is 3. The maximum atomic E-state index is 12.8. The van der Waals surface area contributed by atoms with E-state index in [1.165, 1.54) is 28.6 Å². The number of aryl methyl sites for hydroxylation is 1. The van der Waals surface area contributed by atoms with Gasteiger partial charge in [-0.2, -0.15) is 0 Å². The Morgan fingerprint density at radius 2 is 1.86 bits per heavy atom. The van der Waals surface area contributed by atoms with Crippen LogP contribution in [-0.4, -0.2) is 20.1 Å². The third-order valence-electron chi connectivity index (χ3n) is 3.15. The summed E-state index contributed by atoms with van der Waals surface area (Å²) in [6.45, 7) is 3.76. The van der Waals surface area contributed by atoms with Gasteiger partial charge in [-0.25, -0.2) is 8.42 Å². The summed E-state index contributed by atoms with van der Waals surface area (Å²) in [4.78, 5) is 0.0521. The molecular weight excluding hydrogens is 310 g/mol. The van der Waals surface area contributed by atoms with Gasteiger partial charge in [0, 0.05) is 12.6 Å². The van der Waals surface area contributed by atoms with Crippen LogP contribution in [0.2, 0.25) is 5.02 Å². The molecule has 2 aromatic carbocycles. The number of hydrogen-bond donors (Lipinski definition) is 1. The summed E-state index contributed by atoms with van der Waals surface area (Å²) in [5, 5.41) is 9.80. The number of anilines is 1. The molecule has 0 aliphatic heterocycles. The second-order valence-corrected chi connectivity index (χ2v) is 6.81. The molecule has 0 aliphatic rings. The van der Waals surface area contributed by atoms with E-state index in [1.807, 2.05) is 0 Å². The Bertz CT molecular complexity index is 759. The summed E-state index contributed by atoms with van der Waals surface area (Å²) >= 11 is 6.01. The first-order valence-corrected chi connectivity index (χ1v) is 8.26. The number of phenols is 1. The Balaban J connectivity index is 2.60. The number of sulfonamides is 1. The maximum Gasteiger partial charge on any atom is 0.265 e. The molecular formula is C15H16ClNO3S. The van der Waals surface area contributed by atoms with Crippen molar-refractivity contribution < 1.29 is 13.5 Å². The monoisotopic (exact) mass is 325 g/mol. The van der Waals surface area contributed by atoms with Crippen molar-refractivity contribution in [2.75, 3.05) is 10.8 Å². The van der Waals surface area contributed by atoms with E-state index in [4.69, 9.17) is 11.6 Å². The number of aromatic hydroxyl groups is 1. The van der Waals surface area contributed by atoms with E-state index in [0.29, 0.717) is 5.69 Å². The number of benzene rings is 2. The van der Waals surface area contributed by atoms with Crippen LogP contribution in [0.3, 0.4) is 0 Å². The first-order valence-electron chi connectivity index (χ1n) is 6.44. The van der Waals surface area contributed by atoms with Gasteiger partial charge in [-0.05, 0) is 37.6 Å². The van der Waals surface area contributed by atoms with E-state index >= 15 is 0 Å². The summed E-state index contributed by atoms with van der Waals surface area (Å²) in [5.41, 5.74) is 1.20. The van der Waals surface area contributed by atoms with Crippen LogP contribution in [0.25, 0.3) is 0 Å². The fourth-order valence-corrected chi connectivity index (χ4v) is 4.14. The van der Waals surface area contributed by atoms with Crippen LogP contribution in [0, 0.1) is 6.92 Å². The molecule has 0 aliphatic carbocycles. The number of halogens is 1. The summed E-state index contributed by atoms with van der Waals surface area (Å²) < 4.78 is 26.9. The van der Waals surface area contributed by atoms with Crippen LogP contribution in [-0.2, 0) is 10.0 Å². The normalized spacial score (nSPS) is 11.4. The second-order valence-electron chi connectivity index (χ2n) is 4.57. The molecule has 0 spiro atoms. The van der Waals surface area contributed by atoms with Crippen molar-refractivity contribution in [1.82, 2.24) is 0 Å². The van der Waals surface area contributed by atoms with Crippen LogP contribution in [0.4, 0.5) is 5.69 Å². The number of phenolic OH excluding ortho intramolecular Hbond substituents is 1. The molecule has 4 nitrogen and oxygen atoms in total. The maximum absolute atomic E-state index is 12.8. The van der Waals surface area contributed by atoms with Crippen molar-refractivity contribution in [2.24, 2.45) is 0 Å². The molecule has 1 N–H and O–H groups in total. The minimum atomic E-state index is -3.78. The highest BCUT2D eigenvalue weighted by atomic mass is 35.5. The lowest BCUT2D eigenvalue weighted by atomic mass is 10.2. The van der Waals surface area contributed by atoms with Gasteiger partial charge < -0.3 is 5.11 Å². The Labute approximate surface area is 129 Å². The zero-order chi connectivity index (χ0) is 15.6. The number of rotatable bonds is 4.